The van der Waals surface area contributed by atoms with Gasteiger partial charge in [0.05, 0.1) is 37.1 Å². The van der Waals surface area contributed by atoms with Crippen LogP contribution < -0.4 is 29.2 Å². The molecule has 1 saturated heterocycles. The van der Waals surface area contributed by atoms with Crippen LogP contribution in [-0.4, -0.2) is 39.2 Å². The third-order valence-electron chi connectivity index (χ3n) is 5.58. The number of ether oxygens (including phenoxy) is 4. The van der Waals surface area contributed by atoms with Crippen LogP contribution in [0.3, 0.4) is 0 Å². The maximum absolute atomic E-state index is 13.4. The van der Waals surface area contributed by atoms with Crippen molar-refractivity contribution < 1.29 is 33.3 Å². The van der Waals surface area contributed by atoms with Gasteiger partial charge < -0.3 is 18.9 Å². The van der Waals surface area contributed by atoms with Crippen molar-refractivity contribution in [2.24, 2.45) is 0 Å². The second kappa shape index (κ2) is 11.5. The highest BCUT2D eigenvalue weighted by Gasteiger charge is 2.38. The van der Waals surface area contributed by atoms with Crippen LogP contribution in [0, 0.1) is 0 Å². The monoisotopic (exact) mass is 556 g/mol. The average molecular weight is 557 g/mol. The van der Waals surface area contributed by atoms with E-state index in [4.69, 9.17) is 42.1 Å². The predicted octanol–water partition coefficient (Wildman–Crippen LogP) is 5.26. The van der Waals surface area contributed by atoms with E-state index in [1.54, 1.807) is 6.07 Å². The summed E-state index contributed by atoms with van der Waals surface area (Å²) in [5, 5.41) is 2.58. The molecule has 0 radical (unpaired) electrons. The molecule has 38 heavy (non-hydrogen) atoms. The summed E-state index contributed by atoms with van der Waals surface area (Å²) in [6, 6.07) is 14.4. The zero-order valence-corrected chi connectivity index (χ0v) is 22.1. The lowest BCUT2D eigenvalue weighted by molar-refractivity contribution is -0.122. The molecule has 1 fully saturated rings. The number of nitrogens with zero attached hydrogens (tertiary/aromatic N) is 1. The number of imide groups is 2. The number of carbonyl (C=O) groups excluding carboxylic acids is 3. The van der Waals surface area contributed by atoms with E-state index in [1.807, 2.05) is 30.3 Å². The van der Waals surface area contributed by atoms with E-state index >= 15 is 0 Å². The van der Waals surface area contributed by atoms with Crippen LogP contribution in [0.5, 0.6) is 23.0 Å². The Hall–Kier alpha value is -4.21. The molecule has 4 rings (SSSR count). The molecule has 1 aliphatic rings. The molecule has 0 unspecified atom stereocenters. The van der Waals surface area contributed by atoms with Crippen LogP contribution in [0.4, 0.5) is 10.5 Å². The molecule has 11 heteroatoms. The number of nitrogens with one attached hydrogen (secondary N) is 1. The zero-order chi connectivity index (χ0) is 27.4. The van der Waals surface area contributed by atoms with Crippen molar-refractivity contribution in [2.45, 2.75) is 6.61 Å². The Labute approximate surface area is 228 Å². The van der Waals surface area contributed by atoms with E-state index in [1.165, 1.54) is 45.6 Å². The fourth-order valence-corrected chi connectivity index (χ4v) is 4.26. The van der Waals surface area contributed by atoms with Crippen molar-refractivity contribution in [1.82, 2.24) is 5.32 Å². The summed E-state index contributed by atoms with van der Waals surface area (Å²) in [5.41, 5.74) is 1.01. The minimum absolute atomic E-state index is 0.0370. The Bertz CT molecular complexity index is 1440. The van der Waals surface area contributed by atoms with Gasteiger partial charge >= 0.3 is 6.03 Å². The second-order valence-electron chi connectivity index (χ2n) is 7.92. The summed E-state index contributed by atoms with van der Waals surface area (Å²) in [5.74, 6) is -0.849. The average Bonchev–Trinajstić information content (AvgIpc) is 2.91. The van der Waals surface area contributed by atoms with Gasteiger partial charge in [-0.15, -0.1) is 0 Å². The number of anilines is 1. The van der Waals surface area contributed by atoms with Gasteiger partial charge in [-0.2, -0.15) is 0 Å². The van der Waals surface area contributed by atoms with Crippen molar-refractivity contribution in [3.8, 4) is 23.0 Å². The van der Waals surface area contributed by atoms with E-state index in [-0.39, 0.29) is 39.4 Å². The summed E-state index contributed by atoms with van der Waals surface area (Å²) >= 11 is 12.6. The smallest absolute Gasteiger partial charge is 0.336 e. The van der Waals surface area contributed by atoms with Gasteiger partial charge in [0.1, 0.15) is 23.7 Å². The van der Waals surface area contributed by atoms with Crippen molar-refractivity contribution in [3.63, 3.8) is 0 Å². The lowest BCUT2D eigenvalue weighted by atomic mass is 10.1. The van der Waals surface area contributed by atoms with E-state index in [9.17, 15) is 14.4 Å². The normalized spacial score (nSPS) is 14.4. The number of amides is 4. The van der Waals surface area contributed by atoms with Crippen LogP contribution in [-0.2, 0) is 16.2 Å². The summed E-state index contributed by atoms with van der Waals surface area (Å²) < 4.78 is 21.8. The minimum atomic E-state index is -0.958. The molecule has 0 bridgehead atoms. The summed E-state index contributed by atoms with van der Waals surface area (Å²) in [6.45, 7) is 0.252. The molecule has 0 aromatic heterocycles. The van der Waals surface area contributed by atoms with E-state index in [2.05, 4.69) is 5.32 Å². The van der Waals surface area contributed by atoms with Gasteiger partial charge in [-0.3, -0.25) is 14.9 Å². The van der Waals surface area contributed by atoms with Crippen molar-refractivity contribution in [3.05, 3.63) is 81.3 Å². The summed E-state index contributed by atoms with van der Waals surface area (Å²) in [4.78, 5) is 39.6. The van der Waals surface area contributed by atoms with Crippen LogP contribution in [0.1, 0.15) is 11.1 Å². The Morgan fingerprint density at radius 2 is 1.53 bits per heavy atom. The van der Waals surface area contributed by atoms with Crippen LogP contribution in [0.2, 0.25) is 10.0 Å². The third-order valence-corrected chi connectivity index (χ3v) is 6.16. The van der Waals surface area contributed by atoms with Gasteiger partial charge in [0, 0.05) is 12.1 Å². The number of methoxy groups -OCH3 is 3. The molecule has 1 N–H and O–H groups in total. The SMILES string of the molecule is COc1cc(N2C(=O)NC(=O)/C(=C\c3cc(Cl)c(OCc4ccccc4)c(OC)c3)C2=O)c(OC)cc1Cl. The maximum atomic E-state index is 13.4. The number of rotatable bonds is 8. The topological polar surface area (TPSA) is 103 Å². The first-order chi connectivity index (χ1) is 18.3. The van der Waals surface area contributed by atoms with E-state index < -0.39 is 17.8 Å². The largest absolute Gasteiger partial charge is 0.495 e. The molecule has 0 aliphatic carbocycles. The molecule has 9 nitrogen and oxygen atoms in total. The van der Waals surface area contributed by atoms with Gasteiger partial charge in [0.25, 0.3) is 11.8 Å². The number of halogens is 2. The molecular weight excluding hydrogens is 535 g/mol. The van der Waals surface area contributed by atoms with Crippen LogP contribution in [0.15, 0.2) is 60.2 Å². The van der Waals surface area contributed by atoms with Gasteiger partial charge in [-0.05, 0) is 29.3 Å². The highest BCUT2D eigenvalue weighted by molar-refractivity contribution is 6.40. The molecule has 4 amide bonds. The first-order valence-electron chi connectivity index (χ1n) is 11.1. The minimum Gasteiger partial charge on any atom is -0.495 e. The molecule has 3 aromatic rings. The fraction of sp³-hybridized carbons (Fsp3) is 0.148. The molecule has 3 aromatic carbocycles. The molecule has 0 atom stereocenters. The fourth-order valence-electron chi connectivity index (χ4n) is 3.75. The lowest BCUT2D eigenvalue weighted by Crippen LogP contribution is -2.54. The zero-order valence-electron chi connectivity index (χ0n) is 20.5. The highest BCUT2D eigenvalue weighted by Crippen LogP contribution is 2.40. The Morgan fingerprint density at radius 1 is 0.842 bits per heavy atom. The van der Waals surface area contributed by atoms with Crippen LogP contribution in [0.25, 0.3) is 6.08 Å². The molecule has 0 saturated carbocycles. The number of urea groups is 1. The Kier molecular flexibility index (Phi) is 8.09. The number of barbiturate groups is 1. The Balaban J connectivity index is 1.70. The van der Waals surface area contributed by atoms with Gasteiger partial charge in [-0.25, -0.2) is 9.69 Å². The first-order valence-corrected chi connectivity index (χ1v) is 11.9. The van der Waals surface area contributed by atoms with Crippen molar-refractivity contribution in [2.75, 3.05) is 26.2 Å². The molecule has 1 aliphatic heterocycles. The number of carbonyl (C=O) groups is 3. The maximum Gasteiger partial charge on any atom is 0.336 e. The third kappa shape index (κ3) is 5.39. The van der Waals surface area contributed by atoms with Gasteiger partial charge in [0.2, 0.25) is 0 Å². The molecular formula is C27H22Cl2N2O7. The van der Waals surface area contributed by atoms with E-state index in [0.29, 0.717) is 17.1 Å². The highest BCUT2D eigenvalue weighted by atomic mass is 35.5. The first kappa shape index (κ1) is 26.8. The van der Waals surface area contributed by atoms with Gasteiger partial charge in [0.15, 0.2) is 11.5 Å². The summed E-state index contributed by atoms with van der Waals surface area (Å²) in [7, 11) is 4.18. The number of hydrogen-bond donors (Lipinski definition) is 1. The molecule has 196 valence electrons. The van der Waals surface area contributed by atoms with Gasteiger partial charge in [-0.1, -0.05) is 53.5 Å². The predicted molar refractivity (Wildman–Crippen MR) is 142 cm³/mol. The molecule has 1 heterocycles. The van der Waals surface area contributed by atoms with Crippen molar-refractivity contribution in [1.29, 1.82) is 0 Å². The second-order valence-corrected chi connectivity index (χ2v) is 8.74. The number of hydrogen-bond acceptors (Lipinski definition) is 7. The standard InChI is InChI=1S/C27H22Cl2N2O7/c1-35-21-13-20(22(36-2)12-18(21)28)31-26(33)17(25(32)30-27(31)34)9-16-10-19(29)24(23(11-16)37-3)38-14-15-7-5-4-6-8-15/h4-13H,14H2,1-3H3,(H,30,32,34)/b17-9+. The quantitative estimate of drug-likeness (QED) is 0.298. The molecule has 0 spiro atoms. The van der Waals surface area contributed by atoms with E-state index in [0.717, 1.165) is 10.5 Å². The Morgan fingerprint density at radius 3 is 2.18 bits per heavy atom. The van der Waals surface area contributed by atoms with Crippen LogP contribution >= 0.6 is 23.2 Å². The number of benzene rings is 3. The lowest BCUT2D eigenvalue weighted by Gasteiger charge is -2.28. The van der Waals surface area contributed by atoms with Crippen molar-refractivity contribution >= 4 is 52.8 Å². The summed E-state index contributed by atoms with van der Waals surface area (Å²) in [6.07, 6.45) is 1.30.